The van der Waals surface area contributed by atoms with Crippen LogP contribution in [-0.4, -0.2) is 50.1 Å². The predicted octanol–water partition coefficient (Wildman–Crippen LogP) is 0.878. The van der Waals surface area contributed by atoms with Gasteiger partial charge in [0.25, 0.3) is 0 Å². The highest BCUT2D eigenvalue weighted by atomic mass is 32.2. The van der Waals surface area contributed by atoms with Gasteiger partial charge in [-0.05, 0) is 38.0 Å². The van der Waals surface area contributed by atoms with Crippen LogP contribution in [0.15, 0.2) is 24.3 Å². The van der Waals surface area contributed by atoms with Crippen LogP contribution >= 0.6 is 0 Å². The summed E-state index contributed by atoms with van der Waals surface area (Å²) in [6.45, 7) is 3.55. The predicted molar refractivity (Wildman–Crippen MR) is 89.8 cm³/mol. The first-order valence-electron chi connectivity index (χ1n) is 7.56. The molecule has 0 bridgehead atoms. The van der Waals surface area contributed by atoms with E-state index in [1.165, 1.54) is 6.92 Å². The van der Waals surface area contributed by atoms with E-state index < -0.39 is 32.9 Å². The molecule has 0 heterocycles. The first-order valence-corrected chi connectivity index (χ1v) is 9.51. The second-order valence-corrected chi connectivity index (χ2v) is 7.90. The molecular weight excluding hydrogens is 334 g/mol. The Morgan fingerprint density at radius 1 is 1.25 bits per heavy atom. The van der Waals surface area contributed by atoms with Crippen LogP contribution in [0.1, 0.15) is 19.4 Å². The van der Waals surface area contributed by atoms with Crippen LogP contribution in [-0.2, 0) is 25.8 Å². The molecule has 0 aliphatic heterocycles. The molecule has 0 fully saturated rings. The lowest BCUT2D eigenvalue weighted by Crippen LogP contribution is -2.41. The number of rotatable bonds is 9. The lowest BCUT2D eigenvalue weighted by atomic mass is 9.99. The molecule has 2 N–H and O–H groups in total. The summed E-state index contributed by atoms with van der Waals surface area (Å²) in [5.74, 6) is -1.91. The molecule has 2 atom stereocenters. The number of amides is 1. The Morgan fingerprint density at radius 3 is 2.29 bits per heavy atom. The van der Waals surface area contributed by atoms with Crippen molar-refractivity contribution in [3.8, 4) is 5.75 Å². The number of hydrogen-bond acceptors (Lipinski definition) is 5. The third-order valence-corrected chi connectivity index (χ3v) is 5.10. The van der Waals surface area contributed by atoms with Crippen molar-refractivity contribution in [2.45, 2.75) is 25.5 Å². The molecule has 0 aliphatic rings. The highest BCUT2D eigenvalue weighted by Crippen LogP contribution is 2.15. The van der Waals surface area contributed by atoms with Gasteiger partial charge in [0.15, 0.2) is 9.84 Å². The fourth-order valence-corrected chi connectivity index (χ4v) is 2.45. The number of ether oxygens (including phenoxy) is 1. The van der Waals surface area contributed by atoms with Crippen LogP contribution in [0.25, 0.3) is 0 Å². The number of carboxylic acid groups (broad SMARTS) is 1. The van der Waals surface area contributed by atoms with E-state index in [0.29, 0.717) is 12.4 Å². The minimum Gasteiger partial charge on any atom is -0.494 e. The van der Waals surface area contributed by atoms with E-state index in [-0.39, 0.29) is 13.0 Å². The van der Waals surface area contributed by atoms with Crippen molar-refractivity contribution >= 4 is 21.7 Å². The Labute approximate surface area is 141 Å². The second-order valence-electron chi connectivity index (χ2n) is 5.53. The van der Waals surface area contributed by atoms with Crippen molar-refractivity contribution in [2.24, 2.45) is 5.92 Å². The number of carbonyl (C=O) groups excluding carboxylic acids is 1. The Kier molecular flexibility index (Phi) is 7.21. The largest absolute Gasteiger partial charge is 0.494 e. The van der Waals surface area contributed by atoms with Crippen molar-refractivity contribution in [1.29, 1.82) is 0 Å². The zero-order valence-corrected chi connectivity index (χ0v) is 14.8. The van der Waals surface area contributed by atoms with Gasteiger partial charge in [-0.1, -0.05) is 12.1 Å². The first-order chi connectivity index (χ1) is 11.1. The van der Waals surface area contributed by atoms with Crippen molar-refractivity contribution in [2.75, 3.05) is 19.4 Å². The number of benzene rings is 1. The maximum absolute atomic E-state index is 11.8. The van der Waals surface area contributed by atoms with Crippen LogP contribution < -0.4 is 10.1 Å². The number of carbonyl (C=O) groups is 2. The molecule has 7 nitrogen and oxygen atoms in total. The van der Waals surface area contributed by atoms with E-state index in [9.17, 15) is 23.1 Å². The van der Waals surface area contributed by atoms with Crippen molar-refractivity contribution in [3.05, 3.63) is 29.8 Å². The van der Waals surface area contributed by atoms with Crippen LogP contribution in [0, 0.1) is 5.92 Å². The van der Waals surface area contributed by atoms with Crippen LogP contribution in [0.2, 0.25) is 0 Å². The van der Waals surface area contributed by atoms with Crippen LogP contribution in [0.5, 0.6) is 5.75 Å². The molecule has 24 heavy (non-hydrogen) atoms. The summed E-state index contributed by atoms with van der Waals surface area (Å²) in [6, 6.07) is 7.04. The topological polar surface area (TPSA) is 110 Å². The molecule has 1 aromatic rings. The Morgan fingerprint density at radius 2 is 1.83 bits per heavy atom. The van der Waals surface area contributed by atoms with Gasteiger partial charge in [0.2, 0.25) is 5.91 Å². The highest BCUT2D eigenvalue weighted by Gasteiger charge is 2.25. The quantitative estimate of drug-likeness (QED) is 0.679. The van der Waals surface area contributed by atoms with Gasteiger partial charge in [0, 0.05) is 12.8 Å². The Hall–Kier alpha value is -2.09. The number of sulfone groups is 1. The number of hydrogen-bond donors (Lipinski definition) is 2. The molecule has 1 aromatic carbocycles. The third kappa shape index (κ3) is 6.19. The molecule has 0 aliphatic carbocycles. The minimum absolute atomic E-state index is 0.138. The normalized spacial score (nSPS) is 13.8. The van der Waals surface area contributed by atoms with E-state index in [2.05, 4.69) is 5.32 Å². The smallest absolute Gasteiger partial charge is 0.308 e. The average Bonchev–Trinajstić information content (AvgIpc) is 2.51. The molecular formula is C16H23NO6S. The molecule has 0 spiro atoms. The minimum atomic E-state index is -3.51. The van der Waals surface area contributed by atoms with Crippen molar-refractivity contribution < 1.29 is 27.9 Å². The monoisotopic (exact) mass is 357 g/mol. The van der Waals surface area contributed by atoms with E-state index in [4.69, 9.17) is 4.74 Å². The van der Waals surface area contributed by atoms with Gasteiger partial charge in [-0.15, -0.1) is 0 Å². The van der Waals surface area contributed by atoms with Gasteiger partial charge < -0.3 is 15.2 Å². The Bertz CT molecular complexity index is 668. The maximum atomic E-state index is 11.8. The summed E-state index contributed by atoms with van der Waals surface area (Å²) in [7, 11) is -3.51. The average molecular weight is 357 g/mol. The zero-order chi connectivity index (χ0) is 18.3. The van der Waals surface area contributed by atoms with Crippen LogP contribution in [0.3, 0.4) is 0 Å². The molecule has 0 radical (unpaired) electrons. The SMILES string of the molecule is CCOc1ccc(CC(CNC(=O)C(C)S(C)(=O)=O)C(=O)O)cc1. The summed E-state index contributed by atoms with van der Waals surface area (Å²) in [6.07, 6.45) is 1.18. The van der Waals surface area contributed by atoms with Gasteiger partial charge in [-0.2, -0.15) is 0 Å². The molecule has 2 unspecified atom stereocenters. The fourth-order valence-electron chi connectivity index (χ4n) is 1.98. The van der Waals surface area contributed by atoms with Gasteiger partial charge in [-0.3, -0.25) is 9.59 Å². The molecule has 0 saturated heterocycles. The van der Waals surface area contributed by atoms with Gasteiger partial charge in [-0.25, -0.2) is 8.42 Å². The Balaban J connectivity index is 2.68. The standard InChI is InChI=1S/C16H23NO6S/c1-4-23-14-7-5-12(6-8-14)9-13(16(19)20)10-17-15(18)11(2)24(3,21)22/h5-8,11,13H,4,9-10H2,1-3H3,(H,17,18)(H,19,20). The summed E-state index contributed by atoms with van der Waals surface area (Å²) in [4.78, 5) is 23.1. The first kappa shape index (κ1) is 20.0. The molecule has 8 heteroatoms. The number of carboxylic acids is 1. The lowest BCUT2D eigenvalue weighted by Gasteiger charge is -2.16. The lowest BCUT2D eigenvalue weighted by molar-refractivity contribution is -0.141. The molecule has 0 saturated carbocycles. The fraction of sp³-hybridized carbons (Fsp3) is 0.500. The van der Waals surface area contributed by atoms with Gasteiger partial charge >= 0.3 is 5.97 Å². The van der Waals surface area contributed by atoms with Crippen molar-refractivity contribution in [3.63, 3.8) is 0 Å². The summed E-state index contributed by atoms with van der Waals surface area (Å²) in [5.41, 5.74) is 0.788. The molecule has 134 valence electrons. The van der Waals surface area contributed by atoms with Gasteiger partial charge in [0.1, 0.15) is 11.0 Å². The highest BCUT2D eigenvalue weighted by molar-refractivity contribution is 7.92. The van der Waals surface area contributed by atoms with Crippen LogP contribution in [0.4, 0.5) is 0 Å². The summed E-state index contributed by atoms with van der Waals surface area (Å²) >= 11 is 0. The molecule has 1 amide bonds. The summed E-state index contributed by atoms with van der Waals surface area (Å²) < 4.78 is 28.0. The van der Waals surface area contributed by atoms with E-state index >= 15 is 0 Å². The van der Waals surface area contributed by atoms with Gasteiger partial charge in [0.05, 0.1) is 12.5 Å². The number of aliphatic carboxylic acids is 1. The van der Waals surface area contributed by atoms with E-state index in [1.807, 2.05) is 6.92 Å². The van der Waals surface area contributed by atoms with Crippen molar-refractivity contribution in [1.82, 2.24) is 5.32 Å². The molecule has 0 aromatic heterocycles. The third-order valence-electron chi connectivity index (χ3n) is 3.60. The zero-order valence-electron chi connectivity index (χ0n) is 14.0. The molecule has 1 rings (SSSR count). The second kappa shape index (κ2) is 8.68. The number of nitrogens with one attached hydrogen (secondary N) is 1. The maximum Gasteiger partial charge on any atom is 0.308 e. The van der Waals surface area contributed by atoms with E-state index in [1.54, 1.807) is 24.3 Å². The van der Waals surface area contributed by atoms with E-state index in [0.717, 1.165) is 11.8 Å². The summed E-state index contributed by atoms with van der Waals surface area (Å²) in [5, 5.41) is 10.5.